The predicted molar refractivity (Wildman–Crippen MR) is 86.6 cm³/mol. The SMILES string of the molecule is CCOc1ccc(S(=O)(=O)NCc2ccc(C(N)=O)cc2)cc1. The lowest BCUT2D eigenvalue weighted by Crippen LogP contribution is -2.23. The molecule has 1 amide bonds. The minimum Gasteiger partial charge on any atom is -0.494 e. The Kier molecular flexibility index (Phi) is 5.36. The van der Waals surface area contributed by atoms with Crippen LogP contribution in [-0.4, -0.2) is 20.9 Å². The number of hydrogen-bond donors (Lipinski definition) is 2. The molecule has 0 fully saturated rings. The van der Waals surface area contributed by atoms with E-state index in [4.69, 9.17) is 10.5 Å². The molecule has 0 aliphatic heterocycles. The molecule has 0 spiro atoms. The van der Waals surface area contributed by atoms with E-state index in [1.807, 2.05) is 6.92 Å². The Balaban J connectivity index is 2.04. The quantitative estimate of drug-likeness (QED) is 0.804. The summed E-state index contributed by atoms with van der Waals surface area (Å²) in [6, 6.07) is 12.6. The minimum atomic E-state index is -3.61. The average molecular weight is 334 g/mol. The first-order chi connectivity index (χ1) is 10.9. The van der Waals surface area contributed by atoms with Gasteiger partial charge in [0.05, 0.1) is 11.5 Å². The van der Waals surface area contributed by atoms with Crippen molar-refractivity contribution in [1.29, 1.82) is 0 Å². The summed E-state index contributed by atoms with van der Waals surface area (Å²) in [5, 5.41) is 0. The zero-order chi connectivity index (χ0) is 16.9. The predicted octanol–water partition coefficient (Wildman–Crippen LogP) is 1.66. The highest BCUT2D eigenvalue weighted by Crippen LogP contribution is 2.16. The molecule has 0 saturated carbocycles. The molecule has 2 aromatic rings. The van der Waals surface area contributed by atoms with Crippen molar-refractivity contribution in [2.45, 2.75) is 18.4 Å². The van der Waals surface area contributed by atoms with Crippen molar-refractivity contribution in [2.75, 3.05) is 6.61 Å². The van der Waals surface area contributed by atoms with E-state index in [9.17, 15) is 13.2 Å². The molecule has 0 aliphatic carbocycles. The van der Waals surface area contributed by atoms with E-state index >= 15 is 0 Å². The van der Waals surface area contributed by atoms with Crippen LogP contribution < -0.4 is 15.2 Å². The molecule has 0 aromatic heterocycles. The molecule has 0 heterocycles. The summed E-state index contributed by atoms with van der Waals surface area (Å²) in [6.07, 6.45) is 0. The van der Waals surface area contributed by atoms with Gasteiger partial charge in [-0.2, -0.15) is 0 Å². The summed E-state index contributed by atoms with van der Waals surface area (Å²) in [5.41, 5.74) is 6.26. The largest absolute Gasteiger partial charge is 0.494 e. The number of primary amides is 1. The molecule has 3 N–H and O–H groups in total. The molecule has 0 aliphatic rings. The van der Waals surface area contributed by atoms with Crippen LogP contribution in [0.3, 0.4) is 0 Å². The first kappa shape index (κ1) is 17.0. The molecule has 0 saturated heterocycles. The van der Waals surface area contributed by atoms with Crippen molar-refractivity contribution in [2.24, 2.45) is 5.73 Å². The Morgan fingerprint density at radius 1 is 1.09 bits per heavy atom. The van der Waals surface area contributed by atoms with Gasteiger partial charge in [0.15, 0.2) is 0 Å². The molecule has 7 heteroatoms. The van der Waals surface area contributed by atoms with Gasteiger partial charge in [-0.05, 0) is 48.9 Å². The van der Waals surface area contributed by atoms with Gasteiger partial charge in [0.2, 0.25) is 15.9 Å². The highest BCUT2D eigenvalue weighted by molar-refractivity contribution is 7.89. The molecular formula is C16H18N2O4S. The van der Waals surface area contributed by atoms with E-state index < -0.39 is 15.9 Å². The maximum absolute atomic E-state index is 12.2. The summed E-state index contributed by atoms with van der Waals surface area (Å²) in [6.45, 7) is 2.50. The topological polar surface area (TPSA) is 98.5 Å². The van der Waals surface area contributed by atoms with Crippen LogP contribution in [0.5, 0.6) is 5.75 Å². The number of hydrogen-bond acceptors (Lipinski definition) is 4. The number of amides is 1. The fourth-order valence-corrected chi connectivity index (χ4v) is 2.95. The fourth-order valence-electron chi connectivity index (χ4n) is 1.93. The second kappa shape index (κ2) is 7.26. The molecule has 0 atom stereocenters. The number of nitrogens with one attached hydrogen (secondary N) is 1. The molecule has 2 rings (SSSR count). The summed E-state index contributed by atoms with van der Waals surface area (Å²) in [7, 11) is -3.61. The summed E-state index contributed by atoms with van der Waals surface area (Å²) in [5.74, 6) is 0.0972. The number of sulfonamides is 1. The van der Waals surface area contributed by atoms with Gasteiger partial charge in [-0.3, -0.25) is 4.79 Å². The number of nitrogens with two attached hydrogens (primary N) is 1. The van der Waals surface area contributed by atoms with E-state index in [1.165, 1.54) is 12.1 Å². The van der Waals surface area contributed by atoms with Crippen molar-refractivity contribution in [1.82, 2.24) is 4.72 Å². The van der Waals surface area contributed by atoms with Crippen molar-refractivity contribution in [3.05, 3.63) is 59.7 Å². The molecule has 6 nitrogen and oxygen atoms in total. The monoisotopic (exact) mass is 334 g/mol. The molecule has 0 radical (unpaired) electrons. The molecule has 0 unspecified atom stereocenters. The van der Waals surface area contributed by atoms with Crippen LogP contribution in [0.15, 0.2) is 53.4 Å². The average Bonchev–Trinajstić information content (AvgIpc) is 2.54. The zero-order valence-corrected chi connectivity index (χ0v) is 13.5. The third kappa shape index (κ3) is 4.54. The normalized spacial score (nSPS) is 11.2. The Morgan fingerprint density at radius 3 is 2.22 bits per heavy atom. The molecular weight excluding hydrogens is 316 g/mol. The number of benzene rings is 2. The first-order valence-electron chi connectivity index (χ1n) is 7.03. The van der Waals surface area contributed by atoms with Crippen LogP contribution in [-0.2, 0) is 16.6 Å². The maximum Gasteiger partial charge on any atom is 0.248 e. The zero-order valence-electron chi connectivity index (χ0n) is 12.7. The Morgan fingerprint density at radius 2 is 1.70 bits per heavy atom. The summed E-state index contributed by atoms with van der Waals surface area (Å²) < 4.78 is 32.2. The van der Waals surface area contributed by atoms with E-state index in [0.29, 0.717) is 17.9 Å². The molecule has 0 bridgehead atoms. The lowest BCUT2D eigenvalue weighted by molar-refractivity contribution is 0.1000. The van der Waals surface area contributed by atoms with Crippen LogP contribution >= 0.6 is 0 Å². The fraction of sp³-hybridized carbons (Fsp3) is 0.188. The van der Waals surface area contributed by atoms with E-state index in [1.54, 1.807) is 36.4 Å². The second-order valence-electron chi connectivity index (χ2n) is 4.79. The van der Waals surface area contributed by atoms with Gasteiger partial charge < -0.3 is 10.5 Å². The van der Waals surface area contributed by atoms with Crippen LogP contribution in [0.4, 0.5) is 0 Å². The Labute approximate surface area is 135 Å². The van der Waals surface area contributed by atoms with Crippen molar-refractivity contribution in [3.63, 3.8) is 0 Å². The van der Waals surface area contributed by atoms with Gasteiger partial charge in [0.1, 0.15) is 5.75 Å². The molecule has 23 heavy (non-hydrogen) atoms. The van der Waals surface area contributed by atoms with Crippen molar-refractivity contribution in [3.8, 4) is 5.75 Å². The van der Waals surface area contributed by atoms with Crippen molar-refractivity contribution >= 4 is 15.9 Å². The van der Waals surface area contributed by atoms with E-state index in [0.717, 1.165) is 5.56 Å². The minimum absolute atomic E-state index is 0.120. The van der Waals surface area contributed by atoms with Gasteiger partial charge in [0.25, 0.3) is 0 Å². The second-order valence-corrected chi connectivity index (χ2v) is 6.56. The van der Waals surface area contributed by atoms with Gasteiger partial charge >= 0.3 is 0 Å². The number of ether oxygens (including phenoxy) is 1. The summed E-state index contributed by atoms with van der Waals surface area (Å²) >= 11 is 0. The van der Waals surface area contributed by atoms with Crippen LogP contribution in [0.2, 0.25) is 0 Å². The highest BCUT2D eigenvalue weighted by Gasteiger charge is 2.13. The number of carbonyl (C=O) groups excluding carboxylic acids is 1. The van der Waals surface area contributed by atoms with Crippen LogP contribution in [0, 0.1) is 0 Å². The first-order valence-corrected chi connectivity index (χ1v) is 8.52. The van der Waals surface area contributed by atoms with Gasteiger partial charge in [-0.1, -0.05) is 12.1 Å². The van der Waals surface area contributed by atoms with Crippen LogP contribution in [0.25, 0.3) is 0 Å². The highest BCUT2D eigenvalue weighted by atomic mass is 32.2. The summed E-state index contributed by atoms with van der Waals surface area (Å²) in [4.78, 5) is 11.2. The molecule has 122 valence electrons. The smallest absolute Gasteiger partial charge is 0.248 e. The lowest BCUT2D eigenvalue weighted by atomic mass is 10.1. The Bertz CT molecular complexity index is 769. The third-order valence-corrected chi connectivity index (χ3v) is 4.57. The van der Waals surface area contributed by atoms with Crippen molar-refractivity contribution < 1.29 is 17.9 Å². The van der Waals surface area contributed by atoms with Gasteiger partial charge in [-0.25, -0.2) is 13.1 Å². The Hall–Kier alpha value is -2.38. The van der Waals surface area contributed by atoms with E-state index in [2.05, 4.69) is 4.72 Å². The standard InChI is InChI=1S/C16H18N2O4S/c1-2-22-14-7-9-15(10-8-14)23(20,21)18-11-12-3-5-13(6-4-12)16(17)19/h3-10,18H,2,11H2,1H3,(H2,17,19). The van der Waals surface area contributed by atoms with Crippen LogP contribution in [0.1, 0.15) is 22.8 Å². The number of carbonyl (C=O) groups is 1. The van der Waals surface area contributed by atoms with E-state index in [-0.39, 0.29) is 11.4 Å². The molecule has 2 aromatic carbocycles. The lowest BCUT2D eigenvalue weighted by Gasteiger charge is -2.08. The maximum atomic E-state index is 12.2. The third-order valence-electron chi connectivity index (χ3n) is 3.15. The van der Waals surface area contributed by atoms with Gasteiger partial charge in [-0.15, -0.1) is 0 Å². The number of rotatable bonds is 7. The van der Waals surface area contributed by atoms with Gasteiger partial charge in [0, 0.05) is 12.1 Å².